The van der Waals surface area contributed by atoms with Crippen LogP contribution in [0, 0.1) is 0 Å². The number of aromatic nitrogens is 5. The first kappa shape index (κ1) is 14.8. The minimum atomic E-state index is -0.0547. The van der Waals surface area contributed by atoms with Gasteiger partial charge in [0.2, 0.25) is 0 Å². The molecule has 1 saturated heterocycles. The molecule has 24 heavy (non-hydrogen) atoms. The third-order valence-corrected chi connectivity index (χ3v) is 4.62. The lowest BCUT2D eigenvalue weighted by molar-refractivity contribution is 0.0775. The number of likely N-dealkylation sites (tertiary alicyclic amines) is 1. The third-order valence-electron chi connectivity index (χ3n) is 4.62. The highest BCUT2D eigenvalue weighted by atomic mass is 16.2. The fraction of sp³-hybridized carbons (Fsp3) is 0.375. The number of aromatic amines is 1. The van der Waals surface area contributed by atoms with Crippen molar-refractivity contribution in [3.8, 4) is 0 Å². The fourth-order valence-corrected chi connectivity index (χ4v) is 3.31. The van der Waals surface area contributed by atoms with Gasteiger partial charge in [0.05, 0.1) is 18.3 Å². The van der Waals surface area contributed by atoms with Crippen molar-refractivity contribution in [2.75, 3.05) is 27.2 Å². The Morgan fingerprint density at radius 1 is 1.29 bits per heavy atom. The lowest BCUT2D eigenvalue weighted by Crippen LogP contribution is -2.37. The van der Waals surface area contributed by atoms with Crippen LogP contribution in [0.25, 0.3) is 11.0 Å². The van der Waals surface area contributed by atoms with E-state index in [1.54, 1.807) is 12.3 Å². The van der Waals surface area contributed by atoms with Gasteiger partial charge in [-0.05, 0) is 32.3 Å². The second-order valence-electron chi connectivity index (χ2n) is 6.30. The Balaban J connectivity index is 1.60. The molecule has 0 aromatic carbocycles. The summed E-state index contributed by atoms with van der Waals surface area (Å²) in [6, 6.07) is 5.91. The maximum absolute atomic E-state index is 12.9. The van der Waals surface area contributed by atoms with Crippen molar-refractivity contribution in [2.45, 2.75) is 12.1 Å². The molecule has 8 heteroatoms. The first-order valence-electron chi connectivity index (χ1n) is 7.89. The van der Waals surface area contributed by atoms with Crippen LogP contribution in [0.3, 0.4) is 0 Å². The molecule has 0 unspecified atom stereocenters. The number of fused-ring (bicyclic) bond motifs is 1. The molecule has 0 bridgehead atoms. The number of nitrogens with one attached hydrogen (secondary N) is 1. The van der Waals surface area contributed by atoms with Gasteiger partial charge in [-0.15, -0.1) is 5.10 Å². The van der Waals surface area contributed by atoms with E-state index in [2.05, 4.69) is 25.2 Å². The summed E-state index contributed by atoms with van der Waals surface area (Å²) in [7, 11) is 4.04. The minimum Gasteiger partial charge on any atom is -0.346 e. The van der Waals surface area contributed by atoms with Gasteiger partial charge in [0.25, 0.3) is 5.91 Å². The summed E-state index contributed by atoms with van der Waals surface area (Å²) < 4.78 is 1.83. The summed E-state index contributed by atoms with van der Waals surface area (Å²) in [6.45, 7) is 1.23. The molecule has 124 valence electrons. The number of hydrogen-bond donors (Lipinski definition) is 1. The first-order chi connectivity index (χ1) is 11.6. The van der Waals surface area contributed by atoms with Crippen LogP contribution in [0.15, 0.2) is 36.8 Å². The summed E-state index contributed by atoms with van der Waals surface area (Å²) in [5, 5.41) is 9.00. The van der Waals surface area contributed by atoms with E-state index in [9.17, 15) is 4.79 Å². The van der Waals surface area contributed by atoms with E-state index in [1.165, 1.54) is 0 Å². The number of pyridine rings is 1. The Morgan fingerprint density at radius 2 is 2.17 bits per heavy atom. The number of carbonyl (C=O) groups excluding carboxylic acids is 1. The molecule has 3 aromatic rings. The second kappa shape index (κ2) is 5.72. The van der Waals surface area contributed by atoms with Crippen molar-refractivity contribution >= 4 is 16.9 Å². The van der Waals surface area contributed by atoms with Gasteiger partial charge in [0, 0.05) is 30.9 Å². The summed E-state index contributed by atoms with van der Waals surface area (Å²) in [4.78, 5) is 24.3. The van der Waals surface area contributed by atoms with Crippen LogP contribution in [0.1, 0.15) is 16.5 Å². The molecule has 1 fully saturated rings. The predicted octanol–water partition coefficient (Wildman–Crippen LogP) is 0.782. The van der Waals surface area contributed by atoms with Gasteiger partial charge in [-0.3, -0.25) is 4.79 Å². The average molecular weight is 325 g/mol. The maximum atomic E-state index is 12.9. The van der Waals surface area contributed by atoms with Crippen LogP contribution >= 0.6 is 0 Å². The van der Waals surface area contributed by atoms with E-state index >= 15 is 0 Å². The van der Waals surface area contributed by atoms with E-state index in [0.29, 0.717) is 18.8 Å². The van der Waals surface area contributed by atoms with Crippen molar-refractivity contribution in [2.24, 2.45) is 0 Å². The van der Waals surface area contributed by atoms with Crippen LogP contribution < -0.4 is 0 Å². The van der Waals surface area contributed by atoms with Crippen molar-refractivity contribution in [1.82, 2.24) is 34.8 Å². The molecule has 0 radical (unpaired) electrons. The third kappa shape index (κ3) is 2.44. The molecular weight excluding hydrogens is 306 g/mol. The molecule has 2 atom stereocenters. The molecule has 0 aliphatic carbocycles. The van der Waals surface area contributed by atoms with E-state index in [4.69, 9.17) is 0 Å². The highest BCUT2D eigenvalue weighted by Gasteiger charge is 2.38. The Bertz CT molecular complexity index is 854. The van der Waals surface area contributed by atoms with Crippen LogP contribution in [0.2, 0.25) is 0 Å². The highest BCUT2D eigenvalue weighted by Crippen LogP contribution is 2.26. The van der Waals surface area contributed by atoms with Crippen LogP contribution in [-0.2, 0) is 0 Å². The predicted molar refractivity (Wildman–Crippen MR) is 88.5 cm³/mol. The number of H-pyrrole nitrogens is 1. The van der Waals surface area contributed by atoms with Gasteiger partial charge in [-0.1, -0.05) is 5.21 Å². The van der Waals surface area contributed by atoms with Gasteiger partial charge in [-0.2, -0.15) is 0 Å². The average Bonchev–Trinajstić information content (AvgIpc) is 3.31. The number of amides is 1. The van der Waals surface area contributed by atoms with Crippen molar-refractivity contribution in [3.63, 3.8) is 0 Å². The standard InChI is InChI=1S/C16H19N7O/c1-21(2)13-9-22(10-14(13)23-8-7-18-20-23)16(24)12-4-3-11-5-6-17-15(11)19-12/h3-8,13-14H,9-10H2,1-2H3,(H,17,19)/t13-,14+/m1/s1. The summed E-state index contributed by atoms with van der Waals surface area (Å²) in [6.07, 6.45) is 5.33. The van der Waals surface area contributed by atoms with Gasteiger partial charge in [0.15, 0.2) is 0 Å². The van der Waals surface area contributed by atoms with Crippen LogP contribution in [0.5, 0.6) is 0 Å². The quantitative estimate of drug-likeness (QED) is 0.769. The van der Waals surface area contributed by atoms with Crippen LogP contribution in [0.4, 0.5) is 0 Å². The van der Waals surface area contributed by atoms with Crippen LogP contribution in [-0.4, -0.2) is 73.9 Å². The number of carbonyl (C=O) groups is 1. The van der Waals surface area contributed by atoms with Crippen molar-refractivity contribution < 1.29 is 4.79 Å². The SMILES string of the molecule is CN(C)[C@@H]1CN(C(=O)c2ccc3cc[nH]c3n2)C[C@@H]1n1ccnn1. The fourth-order valence-electron chi connectivity index (χ4n) is 3.31. The molecule has 1 aliphatic heterocycles. The minimum absolute atomic E-state index is 0.0547. The number of nitrogens with zero attached hydrogens (tertiary/aromatic N) is 6. The molecule has 0 saturated carbocycles. The molecule has 4 rings (SSSR count). The van der Waals surface area contributed by atoms with Gasteiger partial charge in [-0.25, -0.2) is 9.67 Å². The van der Waals surface area contributed by atoms with Gasteiger partial charge < -0.3 is 14.8 Å². The Morgan fingerprint density at radius 3 is 2.92 bits per heavy atom. The van der Waals surface area contributed by atoms with Crippen molar-refractivity contribution in [1.29, 1.82) is 0 Å². The van der Waals surface area contributed by atoms with E-state index in [-0.39, 0.29) is 18.0 Å². The topological polar surface area (TPSA) is 82.9 Å². The molecule has 3 aromatic heterocycles. The lowest BCUT2D eigenvalue weighted by Gasteiger charge is -2.24. The molecule has 1 aliphatic rings. The van der Waals surface area contributed by atoms with Gasteiger partial charge in [0.1, 0.15) is 11.3 Å². The summed E-state index contributed by atoms with van der Waals surface area (Å²) in [5.74, 6) is -0.0547. The molecular formula is C16H19N7O. The normalized spacial score (nSPS) is 21.0. The highest BCUT2D eigenvalue weighted by molar-refractivity contribution is 5.94. The van der Waals surface area contributed by atoms with Gasteiger partial charge >= 0.3 is 0 Å². The zero-order valence-corrected chi connectivity index (χ0v) is 13.6. The molecule has 8 nitrogen and oxygen atoms in total. The molecule has 1 N–H and O–H groups in total. The lowest BCUT2D eigenvalue weighted by atomic mass is 10.1. The first-order valence-corrected chi connectivity index (χ1v) is 7.89. The summed E-state index contributed by atoms with van der Waals surface area (Å²) in [5.41, 5.74) is 1.19. The van der Waals surface area contributed by atoms with E-state index < -0.39 is 0 Å². The molecule has 1 amide bonds. The second-order valence-corrected chi connectivity index (χ2v) is 6.30. The molecule has 4 heterocycles. The zero-order chi connectivity index (χ0) is 16.7. The number of likely N-dealkylation sites (N-methyl/N-ethyl adjacent to an activating group) is 1. The Hall–Kier alpha value is -2.74. The Kier molecular flexibility index (Phi) is 3.53. The van der Waals surface area contributed by atoms with E-state index in [0.717, 1.165) is 11.0 Å². The van der Waals surface area contributed by atoms with E-state index in [1.807, 2.05) is 48.2 Å². The number of rotatable bonds is 3. The largest absolute Gasteiger partial charge is 0.346 e. The zero-order valence-electron chi connectivity index (χ0n) is 13.6. The van der Waals surface area contributed by atoms with Crippen molar-refractivity contribution in [3.05, 3.63) is 42.5 Å². The Labute approximate surface area is 139 Å². The maximum Gasteiger partial charge on any atom is 0.272 e. The smallest absolute Gasteiger partial charge is 0.272 e. The molecule has 0 spiro atoms. The number of hydrogen-bond acceptors (Lipinski definition) is 5. The monoisotopic (exact) mass is 325 g/mol. The summed E-state index contributed by atoms with van der Waals surface area (Å²) >= 11 is 0.